The molecule has 2 heterocycles. The summed E-state index contributed by atoms with van der Waals surface area (Å²) in [4.78, 5) is 0.821. The lowest BCUT2D eigenvalue weighted by Gasteiger charge is -2.02. The van der Waals surface area contributed by atoms with E-state index in [9.17, 15) is 0 Å². The molecule has 0 N–H and O–H groups in total. The van der Waals surface area contributed by atoms with Crippen molar-refractivity contribution in [3.8, 4) is 5.75 Å². The number of aromatic nitrogens is 4. The molecule has 0 amide bonds. The first kappa shape index (κ1) is 12.8. The van der Waals surface area contributed by atoms with E-state index in [2.05, 4.69) is 15.3 Å². The minimum Gasteiger partial charge on any atom is -0.496 e. The number of benzene rings is 1. The fourth-order valence-electron chi connectivity index (χ4n) is 1.93. The molecule has 0 spiro atoms. The van der Waals surface area contributed by atoms with Gasteiger partial charge in [-0.3, -0.25) is 0 Å². The fourth-order valence-corrected chi connectivity index (χ4v) is 2.69. The highest BCUT2D eigenvalue weighted by Crippen LogP contribution is 2.21. The van der Waals surface area contributed by atoms with E-state index in [4.69, 9.17) is 4.74 Å². The molecule has 0 unspecified atom stereocenters. The summed E-state index contributed by atoms with van der Waals surface area (Å²) in [6.45, 7) is 2.04. The Bertz CT molecular complexity index is 759. The van der Waals surface area contributed by atoms with Crippen LogP contribution in [-0.4, -0.2) is 26.9 Å². The predicted molar refractivity (Wildman–Crippen MR) is 80.0 cm³/mol. The largest absolute Gasteiger partial charge is 0.496 e. The average Bonchev–Trinajstić information content (AvgIpc) is 3.05. The first-order valence-electron chi connectivity index (χ1n) is 6.34. The number of ether oxygens (including phenoxy) is 1. The molecule has 0 aliphatic heterocycles. The number of rotatable bonds is 4. The average molecular weight is 286 g/mol. The molecule has 3 rings (SSSR count). The monoisotopic (exact) mass is 286 g/mol. The summed E-state index contributed by atoms with van der Waals surface area (Å²) >= 11 is 1.52. The number of para-hydroxylation sites is 1. The van der Waals surface area contributed by atoms with Crippen molar-refractivity contribution in [3.63, 3.8) is 0 Å². The molecule has 5 nitrogen and oxygen atoms in total. The molecule has 0 bridgehead atoms. The van der Waals surface area contributed by atoms with Gasteiger partial charge in [0.15, 0.2) is 5.82 Å². The Kier molecular flexibility index (Phi) is 3.47. The van der Waals surface area contributed by atoms with Gasteiger partial charge in [0.2, 0.25) is 4.96 Å². The van der Waals surface area contributed by atoms with Crippen LogP contribution in [0.1, 0.15) is 23.3 Å². The molecule has 20 heavy (non-hydrogen) atoms. The van der Waals surface area contributed by atoms with Crippen LogP contribution < -0.4 is 4.74 Å². The third-order valence-corrected chi connectivity index (χ3v) is 3.80. The zero-order valence-electron chi connectivity index (χ0n) is 11.3. The third kappa shape index (κ3) is 2.30. The highest BCUT2D eigenvalue weighted by atomic mass is 32.1. The van der Waals surface area contributed by atoms with Crippen LogP contribution in [0.5, 0.6) is 5.75 Å². The smallest absolute Gasteiger partial charge is 0.234 e. The van der Waals surface area contributed by atoms with Gasteiger partial charge in [0, 0.05) is 12.0 Å². The summed E-state index contributed by atoms with van der Waals surface area (Å²) in [7, 11) is 1.67. The second-order valence-corrected chi connectivity index (χ2v) is 5.17. The van der Waals surface area contributed by atoms with Crippen molar-refractivity contribution < 1.29 is 4.74 Å². The molecule has 1 aromatic carbocycles. The molecule has 2 aromatic heterocycles. The zero-order chi connectivity index (χ0) is 13.9. The summed E-state index contributed by atoms with van der Waals surface area (Å²) in [6, 6.07) is 7.88. The van der Waals surface area contributed by atoms with Crippen LogP contribution in [0.3, 0.4) is 0 Å². The highest BCUT2D eigenvalue weighted by Gasteiger charge is 2.08. The second-order valence-electron chi connectivity index (χ2n) is 4.18. The van der Waals surface area contributed by atoms with Gasteiger partial charge in [0.25, 0.3) is 0 Å². The van der Waals surface area contributed by atoms with Crippen LogP contribution in [-0.2, 0) is 6.42 Å². The first-order valence-corrected chi connectivity index (χ1v) is 7.15. The van der Waals surface area contributed by atoms with Crippen molar-refractivity contribution >= 4 is 28.4 Å². The molecular formula is C14H14N4OS. The maximum atomic E-state index is 5.32. The number of fused-ring (bicyclic) bond motifs is 1. The van der Waals surface area contributed by atoms with Gasteiger partial charge in [-0.15, -0.1) is 10.2 Å². The summed E-state index contributed by atoms with van der Waals surface area (Å²) in [5.41, 5.74) is 1.02. The van der Waals surface area contributed by atoms with E-state index < -0.39 is 0 Å². The first-order chi connectivity index (χ1) is 9.81. The number of nitrogens with zero attached hydrogens (tertiary/aromatic N) is 4. The van der Waals surface area contributed by atoms with Crippen LogP contribution in [0, 0.1) is 0 Å². The van der Waals surface area contributed by atoms with Gasteiger partial charge in [-0.05, 0) is 18.2 Å². The van der Waals surface area contributed by atoms with Crippen molar-refractivity contribution in [2.45, 2.75) is 13.3 Å². The maximum absolute atomic E-state index is 5.32. The van der Waals surface area contributed by atoms with Gasteiger partial charge in [-0.25, -0.2) is 0 Å². The second kappa shape index (κ2) is 5.42. The van der Waals surface area contributed by atoms with E-state index >= 15 is 0 Å². The van der Waals surface area contributed by atoms with Crippen LogP contribution in [0.25, 0.3) is 17.1 Å². The van der Waals surface area contributed by atoms with Gasteiger partial charge < -0.3 is 4.74 Å². The van der Waals surface area contributed by atoms with E-state index in [1.165, 1.54) is 11.3 Å². The summed E-state index contributed by atoms with van der Waals surface area (Å²) in [5, 5.41) is 13.6. The van der Waals surface area contributed by atoms with Gasteiger partial charge >= 0.3 is 0 Å². The number of hydrogen-bond acceptors (Lipinski definition) is 5. The zero-order valence-corrected chi connectivity index (χ0v) is 12.1. The standard InChI is InChI=1S/C14H14N4OS/c1-3-12-15-16-14-18(12)17-13(20-14)9-8-10-6-4-5-7-11(10)19-2/h4-9H,3H2,1-2H3/b9-8+. The minimum atomic E-state index is 0.820. The Balaban J connectivity index is 1.92. The lowest BCUT2D eigenvalue weighted by atomic mass is 10.2. The molecule has 3 aromatic rings. The summed E-state index contributed by atoms with van der Waals surface area (Å²) < 4.78 is 7.12. The number of hydrogen-bond donors (Lipinski definition) is 0. The van der Waals surface area contributed by atoms with E-state index in [1.807, 2.05) is 43.3 Å². The SMILES string of the molecule is CCc1nnc2sc(/C=C/c3ccccc3OC)nn12. The van der Waals surface area contributed by atoms with Crippen molar-refractivity contribution in [3.05, 3.63) is 40.7 Å². The molecule has 0 saturated carbocycles. The van der Waals surface area contributed by atoms with E-state index in [0.29, 0.717) is 0 Å². The van der Waals surface area contributed by atoms with Crippen LogP contribution in [0.4, 0.5) is 0 Å². The Morgan fingerprint density at radius 1 is 1.25 bits per heavy atom. The summed E-state index contributed by atoms with van der Waals surface area (Å²) in [6.07, 6.45) is 4.79. The van der Waals surface area contributed by atoms with Gasteiger partial charge in [-0.2, -0.15) is 9.61 Å². The van der Waals surface area contributed by atoms with E-state index in [0.717, 1.165) is 33.5 Å². The molecular weight excluding hydrogens is 272 g/mol. The van der Waals surface area contributed by atoms with Crippen molar-refractivity contribution in [2.24, 2.45) is 0 Å². The van der Waals surface area contributed by atoms with Crippen molar-refractivity contribution in [2.75, 3.05) is 7.11 Å². The van der Waals surface area contributed by atoms with E-state index in [-0.39, 0.29) is 0 Å². The minimum absolute atomic E-state index is 0.820. The third-order valence-electron chi connectivity index (χ3n) is 2.93. The Hall–Kier alpha value is -2.21. The molecule has 0 radical (unpaired) electrons. The van der Waals surface area contributed by atoms with Gasteiger partial charge in [0.1, 0.15) is 10.8 Å². The lowest BCUT2D eigenvalue weighted by molar-refractivity contribution is 0.414. The Labute approximate surface area is 120 Å². The predicted octanol–water partition coefficient (Wildman–Crippen LogP) is 2.93. The van der Waals surface area contributed by atoms with E-state index in [1.54, 1.807) is 11.6 Å². The normalized spacial score (nSPS) is 11.5. The van der Waals surface area contributed by atoms with Gasteiger partial charge in [-0.1, -0.05) is 36.5 Å². The fraction of sp³-hybridized carbons (Fsp3) is 0.214. The summed E-state index contributed by atoms with van der Waals surface area (Å²) in [5.74, 6) is 1.73. The molecule has 0 fully saturated rings. The van der Waals surface area contributed by atoms with Crippen molar-refractivity contribution in [1.29, 1.82) is 0 Å². The van der Waals surface area contributed by atoms with Gasteiger partial charge in [0.05, 0.1) is 7.11 Å². The highest BCUT2D eigenvalue weighted by molar-refractivity contribution is 7.17. The van der Waals surface area contributed by atoms with Crippen molar-refractivity contribution in [1.82, 2.24) is 19.8 Å². The lowest BCUT2D eigenvalue weighted by Crippen LogP contribution is -1.93. The molecule has 0 saturated heterocycles. The Morgan fingerprint density at radius 2 is 2.10 bits per heavy atom. The maximum Gasteiger partial charge on any atom is 0.234 e. The van der Waals surface area contributed by atoms with Crippen LogP contribution in [0.15, 0.2) is 24.3 Å². The molecule has 0 aliphatic rings. The van der Waals surface area contributed by atoms with Crippen LogP contribution in [0.2, 0.25) is 0 Å². The Morgan fingerprint density at radius 3 is 2.90 bits per heavy atom. The molecule has 6 heteroatoms. The quantitative estimate of drug-likeness (QED) is 0.740. The number of aryl methyl sites for hydroxylation is 1. The number of methoxy groups -OCH3 is 1. The topological polar surface area (TPSA) is 52.3 Å². The molecule has 0 aliphatic carbocycles. The molecule has 102 valence electrons. The molecule has 0 atom stereocenters. The van der Waals surface area contributed by atoms with Crippen LogP contribution >= 0.6 is 11.3 Å².